The fourth-order valence-corrected chi connectivity index (χ4v) is 4.90. The Balaban J connectivity index is 1.17. The van der Waals surface area contributed by atoms with Crippen LogP contribution >= 0.6 is 0 Å². The number of rotatable bonds is 9. The summed E-state index contributed by atoms with van der Waals surface area (Å²) >= 11 is 0. The van der Waals surface area contributed by atoms with Gasteiger partial charge in [0.15, 0.2) is 0 Å². The van der Waals surface area contributed by atoms with Gasteiger partial charge in [-0.15, -0.1) is 0 Å². The van der Waals surface area contributed by atoms with Crippen LogP contribution in [0.15, 0.2) is 48.5 Å². The van der Waals surface area contributed by atoms with E-state index in [-0.39, 0.29) is 24.9 Å². The zero-order valence-electron chi connectivity index (χ0n) is 21.0. The molecule has 37 heavy (non-hydrogen) atoms. The number of piperazine rings is 2. The number of unbranched alkanes of at least 4 members (excludes halogenated alkanes) is 1. The van der Waals surface area contributed by atoms with E-state index in [0.717, 1.165) is 49.9 Å². The third-order valence-corrected chi connectivity index (χ3v) is 6.92. The molecule has 0 bridgehead atoms. The molecule has 0 saturated carbocycles. The maximum atomic E-state index is 13.0. The molecule has 2 heterocycles. The lowest BCUT2D eigenvalue weighted by Crippen LogP contribution is -2.53. The van der Waals surface area contributed by atoms with Crippen molar-refractivity contribution in [3.63, 3.8) is 0 Å². The number of methoxy groups -OCH3 is 1. The van der Waals surface area contributed by atoms with E-state index in [1.165, 1.54) is 17.0 Å². The SMILES string of the molecule is COc1ccccc1CN1CC(=O)N(CCCCN2CCN(c3cccc(C(F)(F)F)c3)CC2)C(=O)C1. The number of ether oxygens (including phenoxy) is 1. The Bertz CT molecular complexity index is 1070. The number of hydrogen-bond donors (Lipinski definition) is 0. The lowest BCUT2D eigenvalue weighted by Gasteiger charge is -2.36. The van der Waals surface area contributed by atoms with E-state index in [2.05, 4.69) is 4.90 Å². The highest BCUT2D eigenvalue weighted by Gasteiger charge is 2.32. The summed E-state index contributed by atoms with van der Waals surface area (Å²) in [4.78, 5) is 32.8. The summed E-state index contributed by atoms with van der Waals surface area (Å²) in [5.74, 6) is 0.377. The Labute approximate surface area is 215 Å². The average molecular weight is 519 g/mol. The van der Waals surface area contributed by atoms with Gasteiger partial charge in [0.1, 0.15) is 5.75 Å². The molecule has 0 unspecified atom stereocenters. The van der Waals surface area contributed by atoms with Crippen LogP contribution in [0, 0.1) is 0 Å². The average Bonchev–Trinajstić information content (AvgIpc) is 2.88. The number of imide groups is 1. The van der Waals surface area contributed by atoms with Crippen molar-refractivity contribution in [3.05, 3.63) is 59.7 Å². The quantitative estimate of drug-likeness (QED) is 0.374. The first-order valence-electron chi connectivity index (χ1n) is 12.6. The monoisotopic (exact) mass is 518 g/mol. The number of halogens is 3. The Kier molecular flexibility index (Phi) is 8.71. The van der Waals surface area contributed by atoms with Crippen LogP contribution in [0.2, 0.25) is 0 Å². The Morgan fingerprint density at radius 3 is 2.19 bits per heavy atom. The van der Waals surface area contributed by atoms with Crippen molar-refractivity contribution in [2.75, 3.05) is 64.4 Å². The van der Waals surface area contributed by atoms with Crippen LogP contribution in [0.4, 0.5) is 18.9 Å². The highest BCUT2D eigenvalue weighted by atomic mass is 19.4. The molecule has 2 aliphatic heterocycles. The van der Waals surface area contributed by atoms with Crippen LogP contribution in [0.5, 0.6) is 5.75 Å². The minimum absolute atomic E-state index is 0.180. The molecule has 0 spiro atoms. The number of anilines is 1. The maximum absolute atomic E-state index is 13.0. The maximum Gasteiger partial charge on any atom is 0.416 e. The summed E-state index contributed by atoms with van der Waals surface area (Å²) in [7, 11) is 1.60. The van der Waals surface area contributed by atoms with Crippen molar-refractivity contribution in [2.45, 2.75) is 25.6 Å². The molecule has 4 rings (SSSR count). The van der Waals surface area contributed by atoms with Crippen LogP contribution in [0.25, 0.3) is 0 Å². The van der Waals surface area contributed by atoms with Gasteiger partial charge in [-0.2, -0.15) is 13.2 Å². The van der Waals surface area contributed by atoms with E-state index < -0.39 is 11.7 Å². The van der Waals surface area contributed by atoms with Crippen molar-refractivity contribution in [2.24, 2.45) is 0 Å². The molecule has 2 amide bonds. The second kappa shape index (κ2) is 12.0. The van der Waals surface area contributed by atoms with Crippen LogP contribution in [-0.4, -0.2) is 86.0 Å². The first-order chi connectivity index (χ1) is 17.7. The molecule has 0 aliphatic carbocycles. The molecule has 0 radical (unpaired) electrons. The van der Waals surface area contributed by atoms with Gasteiger partial charge in [-0.3, -0.25) is 24.3 Å². The number of para-hydroxylation sites is 1. The lowest BCUT2D eigenvalue weighted by molar-refractivity contribution is -0.151. The summed E-state index contributed by atoms with van der Waals surface area (Å²) in [5.41, 5.74) is 0.903. The molecular weight excluding hydrogens is 485 g/mol. The van der Waals surface area contributed by atoms with Gasteiger partial charge in [-0.05, 0) is 43.7 Å². The topological polar surface area (TPSA) is 56.3 Å². The van der Waals surface area contributed by atoms with Gasteiger partial charge in [0.05, 0.1) is 25.8 Å². The summed E-state index contributed by atoms with van der Waals surface area (Å²) < 4.78 is 44.4. The highest BCUT2D eigenvalue weighted by Crippen LogP contribution is 2.32. The number of benzene rings is 2. The van der Waals surface area contributed by atoms with Crippen molar-refractivity contribution >= 4 is 17.5 Å². The van der Waals surface area contributed by atoms with Gasteiger partial charge in [0.25, 0.3) is 0 Å². The summed E-state index contributed by atoms with van der Waals surface area (Å²) in [6.45, 7) is 4.94. The number of carbonyl (C=O) groups excluding carboxylic acids is 2. The second-order valence-electron chi connectivity index (χ2n) is 9.48. The van der Waals surface area contributed by atoms with Crippen molar-refractivity contribution in [3.8, 4) is 5.75 Å². The van der Waals surface area contributed by atoms with Crippen molar-refractivity contribution in [1.82, 2.24) is 14.7 Å². The van der Waals surface area contributed by atoms with Gasteiger partial charge >= 0.3 is 6.18 Å². The van der Waals surface area contributed by atoms with E-state index in [0.29, 0.717) is 31.9 Å². The minimum atomic E-state index is -4.34. The molecule has 10 heteroatoms. The van der Waals surface area contributed by atoms with E-state index in [1.54, 1.807) is 13.2 Å². The molecule has 0 N–H and O–H groups in total. The largest absolute Gasteiger partial charge is 0.496 e. The van der Waals surface area contributed by atoms with Crippen LogP contribution in [0.3, 0.4) is 0 Å². The fourth-order valence-electron chi connectivity index (χ4n) is 4.90. The number of alkyl halides is 3. The third-order valence-electron chi connectivity index (χ3n) is 6.92. The molecule has 2 aromatic rings. The molecule has 2 aromatic carbocycles. The Morgan fingerprint density at radius 1 is 0.838 bits per heavy atom. The predicted octanol–water partition coefficient (Wildman–Crippen LogP) is 3.49. The number of hydrogen-bond acceptors (Lipinski definition) is 6. The van der Waals surface area contributed by atoms with Crippen LogP contribution < -0.4 is 9.64 Å². The molecule has 0 aromatic heterocycles. The Hall–Kier alpha value is -3.11. The predicted molar refractivity (Wildman–Crippen MR) is 134 cm³/mol. The zero-order chi connectivity index (χ0) is 26.4. The van der Waals surface area contributed by atoms with Gasteiger partial charge in [0.2, 0.25) is 11.8 Å². The molecule has 0 atom stereocenters. The fraction of sp³-hybridized carbons (Fsp3) is 0.481. The molecule has 200 valence electrons. The first kappa shape index (κ1) is 26.9. The number of nitrogens with zero attached hydrogens (tertiary/aromatic N) is 4. The van der Waals surface area contributed by atoms with E-state index >= 15 is 0 Å². The summed E-state index contributed by atoms with van der Waals surface area (Å²) in [6.07, 6.45) is -2.79. The lowest BCUT2D eigenvalue weighted by atomic mass is 10.1. The van der Waals surface area contributed by atoms with Gasteiger partial charge in [0, 0.05) is 50.5 Å². The van der Waals surface area contributed by atoms with Gasteiger partial charge < -0.3 is 9.64 Å². The van der Waals surface area contributed by atoms with E-state index in [1.807, 2.05) is 34.1 Å². The molecule has 2 aliphatic rings. The van der Waals surface area contributed by atoms with Crippen LogP contribution in [-0.2, 0) is 22.3 Å². The smallest absolute Gasteiger partial charge is 0.416 e. The van der Waals surface area contributed by atoms with E-state index in [9.17, 15) is 22.8 Å². The standard InChI is InChI=1S/C27H33F3N4O3/c1-37-24-10-3-2-7-21(24)18-32-19-25(35)34(26(36)20-32)12-5-4-11-31-13-15-33(16-14-31)23-9-6-8-22(17-23)27(28,29)30/h2-3,6-10,17H,4-5,11-16,18-20H2,1H3. The van der Waals surface area contributed by atoms with E-state index in [4.69, 9.17) is 4.74 Å². The molecule has 7 nitrogen and oxygen atoms in total. The number of amides is 2. The molecular formula is C27H33F3N4O3. The summed E-state index contributed by atoms with van der Waals surface area (Å²) in [5, 5.41) is 0. The normalized spacial score (nSPS) is 17.9. The summed E-state index contributed by atoms with van der Waals surface area (Å²) in [6, 6.07) is 13.0. The minimum Gasteiger partial charge on any atom is -0.496 e. The molecule has 2 saturated heterocycles. The highest BCUT2D eigenvalue weighted by molar-refractivity contribution is 5.99. The van der Waals surface area contributed by atoms with Crippen molar-refractivity contribution < 1.29 is 27.5 Å². The molecule has 2 fully saturated rings. The van der Waals surface area contributed by atoms with Gasteiger partial charge in [-0.25, -0.2) is 0 Å². The van der Waals surface area contributed by atoms with Crippen LogP contribution in [0.1, 0.15) is 24.0 Å². The number of carbonyl (C=O) groups is 2. The van der Waals surface area contributed by atoms with Gasteiger partial charge in [-0.1, -0.05) is 24.3 Å². The Morgan fingerprint density at radius 2 is 1.51 bits per heavy atom. The zero-order valence-corrected chi connectivity index (χ0v) is 21.0. The third kappa shape index (κ3) is 7.01. The van der Waals surface area contributed by atoms with Crippen molar-refractivity contribution in [1.29, 1.82) is 0 Å². The second-order valence-corrected chi connectivity index (χ2v) is 9.48. The first-order valence-corrected chi connectivity index (χ1v) is 12.6.